The largest absolute Gasteiger partial charge is 0.507 e. The van der Waals surface area contributed by atoms with Crippen molar-refractivity contribution in [2.24, 2.45) is 5.41 Å². The Balaban J connectivity index is 1.71. The van der Waals surface area contributed by atoms with Gasteiger partial charge in [-0.05, 0) is 44.2 Å². The number of rotatable bonds is 6. The summed E-state index contributed by atoms with van der Waals surface area (Å²) in [5.74, 6) is -0.431. The van der Waals surface area contributed by atoms with E-state index in [0.717, 1.165) is 25.7 Å². The molecule has 148 valence electrons. The number of likely N-dealkylation sites (tertiary alicyclic amines) is 1. The van der Waals surface area contributed by atoms with Gasteiger partial charge in [-0.25, -0.2) is 0 Å². The zero-order chi connectivity index (χ0) is 19.6. The summed E-state index contributed by atoms with van der Waals surface area (Å²) in [6, 6.07) is 6.08. The van der Waals surface area contributed by atoms with Crippen molar-refractivity contribution < 1.29 is 19.4 Å². The van der Waals surface area contributed by atoms with Gasteiger partial charge in [-0.2, -0.15) is 0 Å². The molecule has 1 aromatic carbocycles. The van der Waals surface area contributed by atoms with E-state index < -0.39 is 6.04 Å². The van der Waals surface area contributed by atoms with Crippen molar-refractivity contribution in [1.29, 1.82) is 0 Å². The average molecular weight is 374 g/mol. The molecule has 2 N–H and O–H groups in total. The molecule has 0 aromatic heterocycles. The van der Waals surface area contributed by atoms with E-state index in [4.69, 9.17) is 4.74 Å². The zero-order valence-electron chi connectivity index (χ0n) is 16.4. The first-order valence-electron chi connectivity index (χ1n) is 9.90. The average Bonchev–Trinajstić information content (AvgIpc) is 3.15. The summed E-state index contributed by atoms with van der Waals surface area (Å²) in [7, 11) is 1.73. The molecule has 27 heavy (non-hydrogen) atoms. The van der Waals surface area contributed by atoms with Crippen molar-refractivity contribution in [3.05, 3.63) is 29.8 Å². The number of benzene rings is 1. The van der Waals surface area contributed by atoms with Crippen LogP contribution in [0.25, 0.3) is 0 Å². The Kier molecular flexibility index (Phi) is 5.75. The molecule has 1 saturated carbocycles. The maximum Gasteiger partial charge on any atom is 0.258 e. The van der Waals surface area contributed by atoms with Gasteiger partial charge in [0.15, 0.2) is 0 Å². The first kappa shape index (κ1) is 19.7. The fraction of sp³-hybridized carbons (Fsp3) is 0.619. The van der Waals surface area contributed by atoms with E-state index in [1.54, 1.807) is 30.2 Å². The highest BCUT2D eigenvalue weighted by atomic mass is 16.5. The smallest absolute Gasteiger partial charge is 0.258 e. The third-order valence-corrected chi connectivity index (χ3v) is 6.65. The number of ether oxygens (including phenoxy) is 1. The van der Waals surface area contributed by atoms with E-state index in [2.05, 4.69) is 19.2 Å². The predicted octanol–water partition coefficient (Wildman–Crippen LogP) is 2.71. The number of hydrogen-bond acceptors (Lipinski definition) is 4. The first-order chi connectivity index (χ1) is 13.0. The molecule has 6 nitrogen and oxygen atoms in total. The monoisotopic (exact) mass is 374 g/mol. The number of para-hydroxylation sites is 1. The number of amides is 2. The van der Waals surface area contributed by atoms with Crippen molar-refractivity contribution in [2.75, 3.05) is 13.7 Å². The van der Waals surface area contributed by atoms with Crippen molar-refractivity contribution in [3.63, 3.8) is 0 Å². The lowest BCUT2D eigenvalue weighted by Gasteiger charge is -2.55. The molecule has 3 atom stereocenters. The molecular formula is C21H30N2O4. The molecule has 1 heterocycles. The Morgan fingerprint density at radius 2 is 2.00 bits per heavy atom. The number of carbonyl (C=O) groups excluding carboxylic acids is 2. The summed E-state index contributed by atoms with van der Waals surface area (Å²) in [6.45, 7) is 4.80. The van der Waals surface area contributed by atoms with Gasteiger partial charge in [0.05, 0.1) is 11.7 Å². The summed E-state index contributed by atoms with van der Waals surface area (Å²) < 4.78 is 5.61. The molecule has 2 fully saturated rings. The molecule has 2 aliphatic rings. The lowest BCUT2D eigenvalue weighted by molar-refractivity contribution is -0.143. The fourth-order valence-electron chi connectivity index (χ4n) is 4.84. The Morgan fingerprint density at radius 3 is 2.63 bits per heavy atom. The third-order valence-electron chi connectivity index (χ3n) is 6.65. The number of phenolic OH excluding ortho intramolecular Hbond substituents is 1. The van der Waals surface area contributed by atoms with Crippen LogP contribution in [-0.4, -0.2) is 53.7 Å². The van der Waals surface area contributed by atoms with Crippen LogP contribution in [0.2, 0.25) is 0 Å². The minimum absolute atomic E-state index is 0.0322. The van der Waals surface area contributed by atoms with Crippen molar-refractivity contribution in [3.8, 4) is 5.75 Å². The molecule has 0 radical (unpaired) electrons. The molecule has 3 unspecified atom stereocenters. The molecule has 3 rings (SSSR count). The Hall–Kier alpha value is -2.08. The van der Waals surface area contributed by atoms with Crippen LogP contribution in [-0.2, 0) is 9.53 Å². The lowest BCUT2D eigenvalue weighted by atomic mass is 9.58. The van der Waals surface area contributed by atoms with Gasteiger partial charge in [0, 0.05) is 25.1 Å². The summed E-state index contributed by atoms with van der Waals surface area (Å²) in [5.41, 5.74) is 0.215. The van der Waals surface area contributed by atoms with Crippen molar-refractivity contribution >= 4 is 11.8 Å². The maximum atomic E-state index is 13.0. The highest BCUT2D eigenvalue weighted by Crippen LogP contribution is 2.48. The van der Waals surface area contributed by atoms with Crippen LogP contribution in [0.5, 0.6) is 5.75 Å². The Labute approximate surface area is 160 Å². The van der Waals surface area contributed by atoms with Crippen molar-refractivity contribution in [2.45, 2.75) is 64.1 Å². The molecule has 1 aromatic rings. The van der Waals surface area contributed by atoms with Crippen LogP contribution < -0.4 is 5.32 Å². The summed E-state index contributed by atoms with van der Waals surface area (Å²) >= 11 is 0. The maximum absolute atomic E-state index is 13.0. The van der Waals surface area contributed by atoms with Crippen LogP contribution in [0.4, 0.5) is 0 Å². The molecule has 1 saturated heterocycles. The van der Waals surface area contributed by atoms with Crippen LogP contribution >= 0.6 is 0 Å². The van der Waals surface area contributed by atoms with Gasteiger partial charge in [-0.15, -0.1) is 0 Å². The number of carbonyl (C=O) groups is 2. The Bertz CT molecular complexity index is 701. The molecule has 1 aliphatic carbocycles. The quantitative estimate of drug-likeness (QED) is 0.802. The van der Waals surface area contributed by atoms with E-state index >= 15 is 0 Å². The molecular weight excluding hydrogens is 344 g/mol. The second-order valence-electron chi connectivity index (χ2n) is 7.64. The van der Waals surface area contributed by atoms with Gasteiger partial charge >= 0.3 is 0 Å². The van der Waals surface area contributed by atoms with Crippen LogP contribution in [0.15, 0.2) is 24.3 Å². The van der Waals surface area contributed by atoms with Crippen LogP contribution in [0, 0.1) is 5.41 Å². The number of aromatic hydroxyl groups is 1. The van der Waals surface area contributed by atoms with Gasteiger partial charge in [-0.3, -0.25) is 9.59 Å². The SMILES string of the molecule is CCC1(CC)C(NC(=O)C2CCCN2C(=O)c2ccccc2O)CC1OC. The standard InChI is InChI=1S/C21H30N2O4/c1-4-21(5-2)17(13-18(21)27-3)22-19(25)15-10-8-12-23(15)20(26)14-9-6-7-11-16(14)24/h6-7,9,11,15,17-18,24H,4-5,8,10,12-13H2,1-3H3,(H,22,25). The van der Waals surface area contributed by atoms with E-state index in [0.29, 0.717) is 13.0 Å². The van der Waals surface area contributed by atoms with Gasteiger partial charge in [0.25, 0.3) is 5.91 Å². The highest BCUT2D eigenvalue weighted by molar-refractivity contribution is 6.00. The van der Waals surface area contributed by atoms with Gasteiger partial charge in [0.2, 0.25) is 5.91 Å². The van der Waals surface area contributed by atoms with E-state index in [9.17, 15) is 14.7 Å². The highest BCUT2D eigenvalue weighted by Gasteiger charge is 2.54. The topological polar surface area (TPSA) is 78.9 Å². The molecule has 0 spiro atoms. The molecule has 1 aliphatic heterocycles. The first-order valence-corrected chi connectivity index (χ1v) is 9.90. The number of hydrogen-bond donors (Lipinski definition) is 2. The fourth-order valence-corrected chi connectivity index (χ4v) is 4.84. The van der Waals surface area contributed by atoms with Gasteiger partial charge in [-0.1, -0.05) is 26.0 Å². The molecule has 0 bridgehead atoms. The van der Waals surface area contributed by atoms with E-state index in [1.807, 2.05) is 0 Å². The minimum Gasteiger partial charge on any atom is -0.507 e. The summed E-state index contributed by atoms with van der Waals surface area (Å²) in [4.78, 5) is 27.4. The Morgan fingerprint density at radius 1 is 1.30 bits per heavy atom. The van der Waals surface area contributed by atoms with E-state index in [-0.39, 0.29) is 40.7 Å². The van der Waals surface area contributed by atoms with Gasteiger partial charge in [0.1, 0.15) is 11.8 Å². The second kappa shape index (κ2) is 7.89. The summed E-state index contributed by atoms with van der Waals surface area (Å²) in [5, 5.41) is 13.2. The predicted molar refractivity (Wildman–Crippen MR) is 103 cm³/mol. The zero-order valence-corrected chi connectivity index (χ0v) is 16.4. The minimum atomic E-state index is -0.481. The number of nitrogens with zero attached hydrogens (tertiary/aromatic N) is 1. The lowest BCUT2D eigenvalue weighted by Crippen LogP contribution is -2.65. The molecule has 6 heteroatoms. The van der Waals surface area contributed by atoms with Crippen LogP contribution in [0.3, 0.4) is 0 Å². The second-order valence-corrected chi connectivity index (χ2v) is 7.64. The van der Waals surface area contributed by atoms with E-state index in [1.165, 1.54) is 6.07 Å². The summed E-state index contributed by atoms with van der Waals surface area (Å²) in [6.07, 6.45) is 4.30. The number of phenols is 1. The number of nitrogens with one attached hydrogen (secondary N) is 1. The van der Waals surface area contributed by atoms with Crippen molar-refractivity contribution in [1.82, 2.24) is 10.2 Å². The molecule has 2 amide bonds. The van der Waals surface area contributed by atoms with Crippen LogP contribution in [0.1, 0.15) is 56.3 Å². The van der Waals surface area contributed by atoms with Gasteiger partial charge < -0.3 is 20.1 Å². The normalized spacial score (nSPS) is 26.5. The number of methoxy groups -OCH3 is 1. The third kappa shape index (κ3) is 3.31.